The Morgan fingerprint density at radius 3 is 1.95 bits per heavy atom. The molecule has 0 atom stereocenters. The number of hydrogen-bond acceptors (Lipinski definition) is 2. The summed E-state index contributed by atoms with van der Waals surface area (Å²) in [5.41, 5.74) is 1.07. The molecule has 0 heterocycles. The van der Waals surface area contributed by atoms with Crippen LogP contribution in [0, 0.1) is 0 Å². The summed E-state index contributed by atoms with van der Waals surface area (Å²) < 4.78 is 0.736. The van der Waals surface area contributed by atoms with E-state index < -0.39 is 0 Å². The van der Waals surface area contributed by atoms with E-state index >= 15 is 0 Å². The fourth-order valence-electron chi connectivity index (χ4n) is 1.74. The highest BCUT2D eigenvalue weighted by Gasteiger charge is 1.97. The van der Waals surface area contributed by atoms with Crippen molar-refractivity contribution in [2.75, 3.05) is 0 Å². The van der Waals surface area contributed by atoms with Crippen LogP contribution in [0.1, 0.15) is 31.7 Å². The predicted octanol–water partition coefficient (Wildman–Crippen LogP) is 5.28. The van der Waals surface area contributed by atoms with Crippen molar-refractivity contribution in [3.63, 3.8) is 0 Å². The predicted molar refractivity (Wildman–Crippen MR) is 87.1 cm³/mol. The number of halogens is 1. The van der Waals surface area contributed by atoms with Gasteiger partial charge in [0, 0.05) is 0 Å². The van der Waals surface area contributed by atoms with Crippen molar-refractivity contribution in [3.8, 4) is 11.5 Å². The molecule has 3 heteroatoms. The summed E-state index contributed by atoms with van der Waals surface area (Å²) in [7, 11) is 0. The Morgan fingerprint density at radius 2 is 1.45 bits per heavy atom. The van der Waals surface area contributed by atoms with Gasteiger partial charge in [-0.1, -0.05) is 50.1 Å². The molecule has 2 N–H and O–H groups in total. The third kappa shape index (κ3) is 6.11. The number of para-hydroxylation sites is 2. The van der Waals surface area contributed by atoms with Crippen LogP contribution in [-0.4, -0.2) is 10.2 Å². The number of aryl methyl sites for hydroxylation is 1. The zero-order chi connectivity index (χ0) is 14.8. The van der Waals surface area contributed by atoms with Gasteiger partial charge in [0.2, 0.25) is 0 Å². The van der Waals surface area contributed by atoms with E-state index in [1.54, 1.807) is 24.3 Å². The minimum absolute atomic E-state index is 0.285. The lowest BCUT2D eigenvalue weighted by Crippen LogP contribution is -1.85. The van der Waals surface area contributed by atoms with Gasteiger partial charge >= 0.3 is 0 Å². The van der Waals surface area contributed by atoms with Gasteiger partial charge < -0.3 is 10.2 Å². The Kier molecular flexibility index (Phi) is 7.81. The van der Waals surface area contributed by atoms with Crippen molar-refractivity contribution in [3.05, 3.63) is 58.6 Å². The number of benzene rings is 2. The average molecular weight is 337 g/mol. The minimum Gasteiger partial charge on any atom is -0.508 e. The van der Waals surface area contributed by atoms with Gasteiger partial charge in [0.1, 0.15) is 11.5 Å². The fourth-order valence-corrected chi connectivity index (χ4v) is 2.02. The van der Waals surface area contributed by atoms with Gasteiger partial charge in [0.05, 0.1) is 4.47 Å². The molecule has 2 rings (SSSR count). The van der Waals surface area contributed by atoms with Crippen molar-refractivity contribution in [2.24, 2.45) is 0 Å². The van der Waals surface area contributed by atoms with Crippen LogP contribution in [-0.2, 0) is 6.42 Å². The third-order valence-electron chi connectivity index (χ3n) is 2.89. The van der Waals surface area contributed by atoms with Crippen molar-refractivity contribution in [1.82, 2.24) is 0 Å². The first-order valence-electron chi connectivity index (χ1n) is 6.85. The Labute approximate surface area is 129 Å². The second-order valence-electron chi connectivity index (χ2n) is 4.54. The van der Waals surface area contributed by atoms with E-state index in [1.807, 2.05) is 24.3 Å². The SMILES string of the molecule is CCCCCc1ccccc1O.Oc1ccccc1Br. The summed E-state index contributed by atoms with van der Waals surface area (Å²) in [6, 6.07) is 14.6. The largest absolute Gasteiger partial charge is 0.508 e. The molecular weight excluding hydrogens is 316 g/mol. The summed E-state index contributed by atoms with van der Waals surface area (Å²) in [5, 5.41) is 18.3. The number of hydrogen-bond donors (Lipinski definition) is 2. The molecule has 0 saturated heterocycles. The first-order chi connectivity index (χ1) is 9.65. The fraction of sp³-hybridized carbons (Fsp3) is 0.294. The van der Waals surface area contributed by atoms with Gasteiger partial charge in [-0.3, -0.25) is 0 Å². The number of phenols is 2. The standard InChI is InChI=1S/C11H16O.C6H5BrO/c1-2-3-4-7-10-8-5-6-9-11(10)12;7-5-3-1-2-4-6(5)8/h5-6,8-9,12H,2-4,7H2,1H3;1-4,8H. The van der Waals surface area contributed by atoms with E-state index in [2.05, 4.69) is 22.9 Å². The number of phenolic OH excluding ortho intramolecular Hbond substituents is 2. The number of aromatic hydroxyl groups is 2. The van der Waals surface area contributed by atoms with E-state index in [9.17, 15) is 5.11 Å². The van der Waals surface area contributed by atoms with E-state index in [0.717, 1.165) is 16.5 Å². The molecule has 20 heavy (non-hydrogen) atoms. The van der Waals surface area contributed by atoms with Crippen molar-refractivity contribution in [1.29, 1.82) is 0 Å². The lowest BCUT2D eigenvalue weighted by molar-refractivity contribution is 0.466. The van der Waals surface area contributed by atoms with Crippen molar-refractivity contribution in [2.45, 2.75) is 32.6 Å². The first-order valence-corrected chi connectivity index (χ1v) is 7.64. The maximum atomic E-state index is 9.41. The van der Waals surface area contributed by atoms with E-state index in [1.165, 1.54) is 19.3 Å². The van der Waals surface area contributed by atoms with Crippen molar-refractivity contribution < 1.29 is 10.2 Å². The van der Waals surface area contributed by atoms with Crippen LogP contribution >= 0.6 is 15.9 Å². The summed E-state index contributed by atoms with van der Waals surface area (Å²) >= 11 is 3.15. The molecule has 0 bridgehead atoms. The molecule has 0 aliphatic heterocycles. The smallest absolute Gasteiger partial charge is 0.129 e. The van der Waals surface area contributed by atoms with Crippen LogP contribution in [0.15, 0.2) is 53.0 Å². The number of rotatable bonds is 4. The summed E-state index contributed by atoms with van der Waals surface area (Å²) in [6.07, 6.45) is 4.65. The minimum atomic E-state index is 0.285. The van der Waals surface area contributed by atoms with Crippen LogP contribution in [0.25, 0.3) is 0 Å². The molecule has 0 aromatic heterocycles. The molecule has 2 aromatic carbocycles. The molecule has 0 radical (unpaired) electrons. The molecule has 0 spiro atoms. The molecule has 2 aromatic rings. The second-order valence-corrected chi connectivity index (χ2v) is 5.39. The van der Waals surface area contributed by atoms with E-state index in [0.29, 0.717) is 5.75 Å². The Balaban J connectivity index is 0.000000217. The van der Waals surface area contributed by atoms with Gasteiger partial charge in [-0.25, -0.2) is 0 Å². The van der Waals surface area contributed by atoms with Crippen LogP contribution in [0.5, 0.6) is 11.5 Å². The highest BCUT2D eigenvalue weighted by atomic mass is 79.9. The summed E-state index contributed by atoms with van der Waals surface area (Å²) in [4.78, 5) is 0. The highest BCUT2D eigenvalue weighted by molar-refractivity contribution is 9.10. The Bertz CT molecular complexity index is 491. The lowest BCUT2D eigenvalue weighted by atomic mass is 10.1. The maximum Gasteiger partial charge on any atom is 0.129 e. The summed E-state index contributed by atoms with van der Waals surface area (Å²) in [5.74, 6) is 0.723. The van der Waals surface area contributed by atoms with Gasteiger partial charge in [0.25, 0.3) is 0 Å². The van der Waals surface area contributed by atoms with Crippen LogP contribution in [0.2, 0.25) is 0 Å². The third-order valence-corrected chi connectivity index (χ3v) is 3.56. The second kappa shape index (κ2) is 9.43. The molecular formula is C17H21BrO2. The van der Waals surface area contributed by atoms with Crippen LogP contribution in [0.3, 0.4) is 0 Å². The molecule has 108 valence electrons. The van der Waals surface area contributed by atoms with Crippen LogP contribution < -0.4 is 0 Å². The van der Waals surface area contributed by atoms with E-state index in [4.69, 9.17) is 5.11 Å². The molecule has 0 aliphatic carbocycles. The van der Waals surface area contributed by atoms with Gasteiger partial charge in [-0.05, 0) is 52.5 Å². The lowest BCUT2D eigenvalue weighted by Gasteiger charge is -2.02. The van der Waals surface area contributed by atoms with Gasteiger partial charge in [0.15, 0.2) is 0 Å². The van der Waals surface area contributed by atoms with Crippen molar-refractivity contribution >= 4 is 15.9 Å². The molecule has 0 fully saturated rings. The highest BCUT2D eigenvalue weighted by Crippen LogP contribution is 2.21. The molecule has 0 saturated carbocycles. The van der Waals surface area contributed by atoms with E-state index in [-0.39, 0.29) is 5.75 Å². The average Bonchev–Trinajstić information content (AvgIpc) is 2.45. The molecule has 2 nitrogen and oxygen atoms in total. The quantitative estimate of drug-likeness (QED) is 0.745. The topological polar surface area (TPSA) is 40.5 Å². The normalized spacial score (nSPS) is 9.70. The Morgan fingerprint density at radius 1 is 0.850 bits per heavy atom. The zero-order valence-electron chi connectivity index (χ0n) is 11.7. The zero-order valence-corrected chi connectivity index (χ0v) is 13.3. The molecule has 0 amide bonds. The Hall–Kier alpha value is -1.48. The van der Waals surface area contributed by atoms with Crippen LogP contribution in [0.4, 0.5) is 0 Å². The van der Waals surface area contributed by atoms with Gasteiger partial charge in [-0.15, -0.1) is 0 Å². The number of unbranched alkanes of at least 4 members (excludes halogenated alkanes) is 2. The molecule has 0 unspecified atom stereocenters. The first kappa shape index (κ1) is 16.6. The van der Waals surface area contributed by atoms with Gasteiger partial charge in [-0.2, -0.15) is 0 Å². The summed E-state index contributed by atoms with van der Waals surface area (Å²) in [6.45, 7) is 2.19. The monoisotopic (exact) mass is 336 g/mol. The molecule has 0 aliphatic rings. The maximum absolute atomic E-state index is 9.41.